The van der Waals surface area contributed by atoms with Crippen LogP contribution in [0.25, 0.3) is 10.8 Å². The molecule has 82 valence electrons. The SMILES string of the molecule is C=C(C)C(NC)c1ccc2ccccc2c1. The molecule has 0 heterocycles. The van der Waals surface area contributed by atoms with E-state index in [4.69, 9.17) is 0 Å². The molecule has 16 heavy (non-hydrogen) atoms. The number of fused-ring (bicyclic) bond motifs is 1. The highest BCUT2D eigenvalue weighted by Crippen LogP contribution is 2.23. The Morgan fingerprint density at radius 3 is 2.44 bits per heavy atom. The molecule has 0 amide bonds. The molecule has 0 aliphatic heterocycles. The minimum absolute atomic E-state index is 0.240. The van der Waals surface area contributed by atoms with Crippen LogP contribution in [0.2, 0.25) is 0 Å². The Morgan fingerprint density at radius 1 is 1.12 bits per heavy atom. The number of benzene rings is 2. The second-order valence-corrected chi connectivity index (χ2v) is 4.17. The van der Waals surface area contributed by atoms with Crippen molar-refractivity contribution in [1.29, 1.82) is 0 Å². The molecule has 2 aromatic rings. The van der Waals surface area contributed by atoms with Crippen LogP contribution in [0, 0.1) is 0 Å². The average Bonchev–Trinajstić information content (AvgIpc) is 2.29. The fraction of sp³-hybridized carbons (Fsp3) is 0.200. The smallest absolute Gasteiger partial charge is 0.0528 e. The number of nitrogens with one attached hydrogen (secondary N) is 1. The van der Waals surface area contributed by atoms with Crippen LogP contribution in [0.15, 0.2) is 54.6 Å². The van der Waals surface area contributed by atoms with Crippen molar-refractivity contribution in [3.8, 4) is 0 Å². The van der Waals surface area contributed by atoms with Gasteiger partial charge in [0.15, 0.2) is 0 Å². The van der Waals surface area contributed by atoms with Gasteiger partial charge in [-0.1, -0.05) is 48.6 Å². The van der Waals surface area contributed by atoms with Crippen molar-refractivity contribution in [2.24, 2.45) is 0 Å². The molecule has 0 spiro atoms. The fourth-order valence-corrected chi connectivity index (χ4v) is 2.08. The highest BCUT2D eigenvalue weighted by molar-refractivity contribution is 5.83. The zero-order valence-corrected chi connectivity index (χ0v) is 9.83. The molecule has 1 unspecified atom stereocenters. The van der Waals surface area contributed by atoms with Gasteiger partial charge in [-0.25, -0.2) is 0 Å². The molecule has 0 aliphatic rings. The summed E-state index contributed by atoms with van der Waals surface area (Å²) in [6.45, 7) is 6.07. The Bertz CT molecular complexity index is 514. The molecular formula is C15H17N. The molecule has 0 aromatic heterocycles. The molecule has 0 bridgehead atoms. The van der Waals surface area contributed by atoms with Gasteiger partial charge in [-0.2, -0.15) is 0 Å². The maximum atomic E-state index is 4.02. The van der Waals surface area contributed by atoms with E-state index in [-0.39, 0.29) is 6.04 Å². The molecule has 0 aliphatic carbocycles. The molecule has 0 saturated carbocycles. The lowest BCUT2D eigenvalue weighted by Crippen LogP contribution is -2.16. The van der Waals surface area contributed by atoms with Crippen LogP contribution in [-0.4, -0.2) is 7.05 Å². The topological polar surface area (TPSA) is 12.0 Å². The maximum absolute atomic E-state index is 4.02. The second-order valence-electron chi connectivity index (χ2n) is 4.17. The van der Waals surface area contributed by atoms with Gasteiger partial charge in [0.25, 0.3) is 0 Å². The molecule has 0 saturated heterocycles. The first kappa shape index (κ1) is 10.9. The third-order valence-electron chi connectivity index (χ3n) is 2.89. The van der Waals surface area contributed by atoms with Crippen molar-refractivity contribution >= 4 is 10.8 Å². The van der Waals surface area contributed by atoms with Crippen LogP contribution >= 0.6 is 0 Å². The van der Waals surface area contributed by atoms with Crippen LogP contribution < -0.4 is 5.32 Å². The zero-order valence-electron chi connectivity index (χ0n) is 9.83. The first-order chi connectivity index (χ1) is 7.72. The van der Waals surface area contributed by atoms with Crippen molar-refractivity contribution in [3.05, 3.63) is 60.2 Å². The van der Waals surface area contributed by atoms with Gasteiger partial charge < -0.3 is 5.32 Å². The predicted molar refractivity (Wildman–Crippen MR) is 70.6 cm³/mol. The minimum atomic E-state index is 0.240. The number of likely N-dealkylation sites (N-methyl/N-ethyl adjacent to an activating group) is 1. The molecule has 1 heteroatoms. The molecule has 0 radical (unpaired) electrons. The maximum Gasteiger partial charge on any atom is 0.0528 e. The summed E-state index contributed by atoms with van der Waals surface area (Å²) in [7, 11) is 1.97. The summed E-state index contributed by atoms with van der Waals surface area (Å²) in [5.41, 5.74) is 2.41. The summed E-state index contributed by atoms with van der Waals surface area (Å²) in [6, 6.07) is 15.2. The van der Waals surface area contributed by atoms with Crippen molar-refractivity contribution in [1.82, 2.24) is 5.32 Å². The van der Waals surface area contributed by atoms with E-state index in [0.29, 0.717) is 0 Å². The summed E-state index contributed by atoms with van der Waals surface area (Å²) in [5, 5.41) is 5.84. The monoisotopic (exact) mass is 211 g/mol. The zero-order chi connectivity index (χ0) is 11.5. The Labute approximate surface area is 96.8 Å². The van der Waals surface area contributed by atoms with Crippen molar-refractivity contribution in [3.63, 3.8) is 0 Å². The third-order valence-corrected chi connectivity index (χ3v) is 2.89. The second kappa shape index (κ2) is 4.50. The quantitative estimate of drug-likeness (QED) is 0.764. The fourth-order valence-electron chi connectivity index (χ4n) is 2.08. The van der Waals surface area contributed by atoms with Gasteiger partial charge >= 0.3 is 0 Å². The largest absolute Gasteiger partial charge is 0.310 e. The Balaban J connectivity index is 2.49. The lowest BCUT2D eigenvalue weighted by atomic mass is 9.98. The Kier molecular flexibility index (Phi) is 3.07. The Morgan fingerprint density at radius 2 is 1.81 bits per heavy atom. The highest BCUT2D eigenvalue weighted by Gasteiger charge is 2.09. The van der Waals surface area contributed by atoms with Crippen LogP contribution in [0.4, 0.5) is 0 Å². The van der Waals surface area contributed by atoms with Crippen LogP contribution in [0.5, 0.6) is 0 Å². The summed E-state index contributed by atoms with van der Waals surface area (Å²) < 4.78 is 0. The predicted octanol–water partition coefficient (Wildman–Crippen LogP) is 3.68. The van der Waals surface area contributed by atoms with E-state index in [0.717, 1.165) is 5.57 Å². The van der Waals surface area contributed by atoms with E-state index < -0.39 is 0 Å². The standard InChI is InChI=1S/C15H17N/c1-11(2)15(16-3)14-9-8-12-6-4-5-7-13(12)10-14/h4-10,15-16H,1H2,2-3H3. The van der Waals surface area contributed by atoms with E-state index in [9.17, 15) is 0 Å². The van der Waals surface area contributed by atoms with Crippen LogP contribution in [-0.2, 0) is 0 Å². The van der Waals surface area contributed by atoms with Gasteiger partial charge in [0.1, 0.15) is 0 Å². The van der Waals surface area contributed by atoms with Gasteiger partial charge in [0, 0.05) is 0 Å². The first-order valence-electron chi connectivity index (χ1n) is 5.53. The van der Waals surface area contributed by atoms with Gasteiger partial charge in [-0.05, 0) is 36.4 Å². The number of rotatable bonds is 3. The van der Waals surface area contributed by atoms with E-state index in [1.165, 1.54) is 16.3 Å². The van der Waals surface area contributed by atoms with Crippen molar-refractivity contribution in [2.75, 3.05) is 7.05 Å². The van der Waals surface area contributed by atoms with Gasteiger partial charge in [-0.15, -0.1) is 0 Å². The van der Waals surface area contributed by atoms with Crippen LogP contribution in [0.3, 0.4) is 0 Å². The number of hydrogen-bond acceptors (Lipinski definition) is 1. The highest BCUT2D eigenvalue weighted by atomic mass is 14.9. The molecule has 2 rings (SSSR count). The first-order valence-corrected chi connectivity index (χ1v) is 5.53. The molecule has 1 atom stereocenters. The van der Waals surface area contributed by atoms with Crippen LogP contribution in [0.1, 0.15) is 18.5 Å². The summed E-state index contributed by atoms with van der Waals surface area (Å²) in [6.07, 6.45) is 0. The molecule has 1 nitrogen and oxygen atoms in total. The molecule has 2 aromatic carbocycles. The van der Waals surface area contributed by atoms with Gasteiger partial charge in [0.2, 0.25) is 0 Å². The summed E-state index contributed by atoms with van der Waals surface area (Å²) >= 11 is 0. The van der Waals surface area contributed by atoms with E-state index in [2.05, 4.69) is 61.3 Å². The van der Waals surface area contributed by atoms with Crippen molar-refractivity contribution < 1.29 is 0 Å². The normalized spacial score (nSPS) is 12.6. The Hall–Kier alpha value is -1.60. The molecular weight excluding hydrogens is 194 g/mol. The van der Waals surface area contributed by atoms with Crippen molar-refractivity contribution in [2.45, 2.75) is 13.0 Å². The van der Waals surface area contributed by atoms with E-state index >= 15 is 0 Å². The third kappa shape index (κ3) is 2.00. The van der Waals surface area contributed by atoms with E-state index in [1.54, 1.807) is 0 Å². The lowest BCUT2D eigenvalue weighted by Gasteiger charge is -2.17. The van der Waals surface area contributed by atoms with Gasteiger partial charge in [0.05, 0.1) is 6.04 Å². The summed E-state index contributed by atoms with van der Waals surface area (Å²) in [4.78, 5) is 0. The summed E-state index contributed by atoms with van der Waals surface area (Å²) in [5.74, 6) is 0. The molecule has 1 N–H and O–H groups in total. The average molecular weight is 211 g/mol. The van der Waals surface area contributed by atoms with Gasteiger partial charge in [-0.3, -0.25) is 0 Å². The van der Waals surface area contributed by atoms with E-state index in [1.807, 2.05) is 7.05 Å². The molecule has 0 fully saturated rings. The lowest BCUT2D eigenvalue weighted by molar-refractivity contribution is 0.681. The number of hydrogen-bond donors (Lipinski definition) is 1. The minimum Gasteiger partial charge on any atom is -0.310 e.